The second kappa shape index (κ2) is 8.10. The lowest BCUT2D eigenvalue weighted by molar-refractivity contribution is 0.0787. The molecule has 1 N–H and O–H groups in total. The van der Waals surface area contributed by atoms with Crippen molar-refractivity contribution in [3.8, 4) is 5.75 Å². The van der Waals surface area contributed by atoms with Crippen LogP contribution in [0, 0.1) is 13.8 Å². The maximum Gasteiger partial charge on any atom is 0.255 e. The van der Waals surface area contributed by atoms with Gasteiger partial charge in [0.05, 0.1) is 18.4 Å². The smallest absolute Gasteiger partial charge is 0.255 e. The molecule has 1 aliphatic rings. The number of aromatic nitrogens is 3. The van der Waals surface area contributed by atoms with E-state index in [9.17, 15) is 9.59 Å². The third-order valence-electron chi connectivity index (χ3n) is 5.65. The molecule has 4 rings (SSSR count). The highest BCUT2D eigenvalue weighted by molar-refractivity contribution is 5.95. The van der Waals surface area contributed by atoms with Crippen molar-refractivity contribution in [3.63, 3.8) is 0 Å². The Balaban J connectivity index is 1.72. The lowest BCUT2D eigenvalue weighted by Crippen LogP contribution is -2.29. The van der Waals surface area contributed by atoms with E-state index in [0.717, 1.165) is 11.3 Å². The Morgan fingerprint density at radius 3 is 2.53 bits per heavy atom. The fourth-order valence-electron chi connectivity index (χ4n) is 4.13. The lowest BCUT2D eigenvalue weighted by atomic mass is 9.86. The first-order chi connectivity index (χ1) is 14.5. The van der Waals surface area contributed by atoms with E-state index >= 15 is 0 Å². The quantitative estimate of drug-likeness (QED) is 0.722. The summed E-state index contributed by atoms with van der Waals surface area (Å²) in [5, 5.41) is 0. The average Bonchev–Trinajstić information content (AvgIpc) is 3.18. The average molecular weight is 404 g/mol. The summed E-state index contributed by atoms with van der Waals surface area (Å²) < 4.78 is 5.28. The molecule has 2 atom stereocenters. The Hall–Kier alpha value is -3.48. The zero-order valence-electron chi connectivity index (χ0n) is 17.3. The standard InChI is InChI=1S/C23H24N4O3/c1-14-18(5-4-10-24-14)23(29)27-12-19(16-6-8-17(30-3)9-7-16)20(13-27)21-11-22(28)26-15(2)25-21/h4-11,19-20H,12-13H2,1-3H3,(H,25,26,28)/t19-,20+/m0/s1. The second-order valence-corrected chi connectivity index (χ2v) is 7.59. The second-order valence-electron chi connectivity index (χ2n) is 7.59. The number of methoxy groups -OCH3 is 1. The number of rotatable bonds is 4. The van der Waals surface area contributed by atoms with Gasteiger partial charge in [-0.3, -0.25) is 14.6 Å². The van der Waals surface area contributed by atoms with Crippen molar-refractivity contribution >= 4 is 5.91 Å². The number of hydrogen-bond acceptors (Lipinski definition) is 5. The molecule has 3 heterocycles. The summed E-state index contributed by atoms with van der Waals surface area (Å²) in [6.45, 7) is 4.63. The summed E-state index contributed by atoms with van der Waals surface area (Å²) >= 11 is 0. The molecule has 7 nitrogen and oxygen atoms in total. The van der Waals surface area contributed by atoms with Crippen LogP contribution in [0.2, 0.25) is 0 Å². The predicted molar refractivity (Wildman–Crippen MR) is 113 cm³/mol. The summed E-state index contributed by atoms with van der Waals surface area (Å²) in [6, 6.07) is 13.0. The van der Waals surface area contributed by atoms with E-state index in [1.54, 1.807) is 32.4 Å². The maximum atomic E-state index is 13.2. The van der Waals surface area contributed by atoms with E-state index in [1.807, 2.05) is 36.1 Å². The van der Waals surface area contributed by atoms with E-state index in [0.29, 0.717) is 35.9 Å². The van der Waals surface area contributed by atoms with Crippen molar-refractivity contribution in [1.29, 1.82) is 0 Å². The Morgan fingerprint density at radius 2 is 1.87 bits per heavy atom. The van der Waals surface area contributed by atoms with E-state index in [4.69, 9.17) is 4.74 Å². The highest BCUT2D eigenvalue weighted by Crippen LogP contribution is 2.39. The van der Waals surface area contributed by atoms with Gasteiger partial charge in [-0.2, -0.15) is 0 Å². The highest BCUT2D eigenvalue weighted by Gasteiger charge is 2.38. The van der Waals surface area contributed by atoms with Crippen molar-refractivity contribution in [2.75, 3.05) is 20.2 Å². The number of pyridine rings is 1. The topological polar surface area (TPSA) is 88.2 Å². The summed E-state index contributed by atoms with van der Waals surface area (Å²) in [7, 11) is 1.63. The van der Waals surface area contributed by atoms with E-state index in [1.165, 1.54) is 6.07 Å². The van der Waals surface area contributed by atoms with Crippen molar-refractivity contribution in [2.45, 2.75) is 25.7 Å². The first-order valence-electron chi connectivity index (χ1n) is 9.89. The van der Waals surface area contributed by atoms with Crippen LogP contribution in [-0.2, 0) is 0 Å². The molecule has 1 aliphatic heterocycles. The van der Waals surface area contributed by atoms with Gasteiger partial charge in [-0.05, 0) is 43.7 Å². The molecule has 0 spiro atoms. The maximum absolute atomic E-state index is 13.2. The molecule has 2 aromatic heterocycles. The number of carbonyl (C=O) groups excluding carboxylic acids is 1. The largest absolute Gasteiger partial charge is 0.497 e. The number of ether oxygens (including phenoxy) is 1. The van der Waals surface area contributed by atoms with Crippen LogP contribution in [-0.4, -0.2) is 46.0 Å². The summed E-state index contributed by atoms with van der Waals surface area (Å²) in [5.74, 6) is 1.23. The minimum absolute atomic E-state index is 0.0190. The fourth-order valence-corrected chi connectivity index (χ4v) is 4.13. The van der Waals surface area contributed by atoms with E-state index in [2.05, 4.69) is 15.0 Å². The number of hydrogen-bond donors (Lipinski definition) is 1. The van der Waals surface area contributed by atoms with Gasteiger partial charge in [0.25, 0.3) is 11.5 Å². The van der Waals surface area contributed by atoms with Gasteiger partial charge in [-0.25, -0.2) is 4.98 Å². The minimum atomic E-state index is -0.182. The zero-order valence-corrected chi connectivity index (χ0v) is 17.3. The van der Waals surface area contributed by atoms with Crippen LogP contribution in [0.25, 0.3) is 0 Å². The fraction of sp³-hybridized carbons (Fsp3) is 0.304. The molecule has 1 fully saturated rings. The monoisotopic (exact) mass is 404 g/mol. The van der Waals surface area contributed by atoms with E-state index < -0.39 is 0 Å². The van der Waals surface area contributed by atoms with Gasteiger partial charge in [0.15, 0.2) is 0 Å². The summed E-state index contributed by atoms with van der Waals surface area (Å²) in [6.07, 6.45) is 1.68. The van der Waals surface area contributed by atoms with Crippen LogP contribution >= 0.6 is 0 Å². The van der Waals surface area contributed by atoms with Gasteiger partial charge in [-0.15, -0.1) is 0 Å². The van der Waals surface area contributed by atoms with Gasteiger partial charge >= 0.3 is 0 Å². The van der Waals surface area contributed by atoms with Crippen molar-refractivity contribution in [3.05, 3.63) is 87.4 Å². The number of carbonyl (C=O) groups is 1. The van der Waals surface area contributed by atoms with Gasteiger partial charge in [-0.1, -0.05) is 12.1 Å². The Morgan fingerprint density at radius 1 is 1.13 bits per heavy atom. The number of likely N-dealkylation sites (tertiary alicyclic amines) is 1. The van der Waals surface area contributed by atoms with Gasteiger partial charge in [0.2, 0.25) is 0 Å². The third-order valence-corrected chi connectivity index (χ3v) is 5.65. The number of aromatic amines is 1. The van der Waals surface area contributed by atoms with Crippen LogP contribution in [0.4, 0.5) is 0 Å². The molecule has 30 heavy (non-hydrogen) atoms. The van der Waals surface area contributed by atoms with E-state index in [-0.39, 0.29) is 23.3 Å². The molecule has 7 heteroatoms. The molecule has 154 valence electrons. The molecule has 3 aromatic rings. The molecule has 0 bridgehead atoms. The van der Waals surface area contributed by atoms with Gasteiger partial charge in [0.1, 0.15) is 11.6 Å². The normalized spacial score (nSPS) is 18.4. The van der Waals surface area contributed by atoms with Gasteiger partial charge in [0, 0.05) is 42.9 Å². The molecule has 1 saturated heterocycles. The molecule has 0 aliphatic carbocycles. The number of H-pyrrole nitrogens is 1. The third kappa shape index (κ3) is 3.83. The van der Waals surface area contributed by atoms with Crippen LogP contribution in [0.1, 0.15) is 45.0 Å². The predicted octanol–water partition coefficient (Wildman–Crippen LogP) is 2.81. The molecular weight excluding hydrogens is 380 g/mol. The van der Waals surface area contributed by atoms with Crippen molar-refractivity contribution < 1.29 is 9.53 Å². The van der Waals surface area contributed by atoms with Crippen LogP contribution in [0.5, 0.6) is 5.75 Å². The molecule has 0 saturated carbocycles. The SMILES string of the molecule is COc1ccc([C@@H]2CN(C(=O)c3cccnc3C)C[C@H]2c2cc(=O)[nH]c(C)n2)cc1. The number of nitrogens with one attached hydrogen (secondary N) is 1. The Bertz CT molecular complexity index is 1120. The first-order valence-corrected chi connectivity index (χ1v) is 9.89. The highest BCUT2D eigenvalue weighted by atomic mass is 16.5. The van der Waals surface area contributed by atoms with Crippen LogP contribution in [0.3, 0.4) is 0 Å². The first kappa shape index (κ1) is 19.8. The number of benzene rings is 1. The zero-order chi connectivity index (χ0) is 21.3. The number of nitrogens with zero attached hydrogens (tertiary/aromatic N) is 3. The lowest BCUT2D eigenvalue weighted by Gasteiger charge is -2.18. The van der Waals surface area contributed by atoms with Crippen molar-refractivity contribution in [2.24, 2.45) is 0 Å². The molecule has 1 aromatic carbocycles. The Labute approximate surface area is 174 Å². The number of aryl methyl sites for hydroxylation is 2. The Kier molecular flexibility index (Phi) is 5.35. The van der Waals surface area contributed by atoms with Gasteiger partial charge < -0.3 is 14.6 Å². The van der Waals surface area contributed by atoms with Crippen molar-refractivity contribution in [1.82, 2.24) is 19.9 Å². The molecule has 1 amide bonds. The molecule has 0 unspecified atom stereocenters. The minimum Gasteiger partial charge on any atom is -0.497 e. The van der Waals surface area contributed by atoms with Crippen LogP contribution < -0.4 is 10.3 Å². The summed E-state index contributed by atoms with van der Waals surface area (Å²) in [5.41, 5.74) is 2.91. The summed E-state index contributed by atoms with van der Waals surface area (Å²) in [4.78, 5) is 38.7. The number of amides is 1. The van der Waals surface area contributed by atoms with Crippen LogP contribution in [0.15, 0.2) is 53.5 Å². The molecular formula is C23H24N4O3. The molecule has 0 radical (unpaired) electrons.